The number of imidazole rings is 1. The molecule has 2 fully saturated rings. The number of amides is 2. The minimum Gasteiger partial charge on any atom is -0.380 e. The molecule has 1 aliphatic heterocycles. The van der Waals surface area contributed by atoms with Crippen LogP contribution in [0.4, 0.5) is 0 Å². The van der Waals surface area contributed by atoms with Crippen LogP contribution in [0.5, 0.6) is 0 Å². The Morgan fingerprint density at radius 3 is 2.24 bits per heavy atom. The monoisotopic (exact) mass is 390 g/mol. The van der Waals surface area contributed by atoms with Crippen LogP contribution in [0.1, 0.15) is 23.2 Å². The SMILES string of the molecule is O=C(c1ccc(-n2cnc3ccccc32)cc1)N1CCN(C(=O)C2(O)CC2)CC1. The van der Waals surface area contributed by atoms with Gasteiger partial charge in [0.15, 0.2) is 0 Å². The van der Waals surface area contributed by atoms with E-state index < -0.39 is 5.60 Å². The molecule has 0 unspecified atom stereocenters. The third kappa shape index (κ3) is 3.17. The van der Waals surface area contributed by atoms with Crippen LogP contribution < -0.4 is 0 Å². The second-order valence-electron chi connectivity index (χ2n) is 7.77. The third-order valence-corrected chi connectivity index (χ3v) is 5.82. The second-order valence-corrected chi connectivity index (χ2v) is 7.77. The van der Waals surface area contributed by atoms with Gasteiger partial charge in [0.25, 0.3) is 11.8 Å². The summed E-state index contributed by atoms with van der Waals surface area (Å²) < 4.78 is 2.00. The number of nitrogens with zero attached hydrogens (tertiary/aromatic N) is 4. The van der Waals surface area contributed by atoms with E-state index in [-0.39, 0.29) is 11.8 Å². The summed E-state index contributed by atoms with van der Waals surface area (Å²) in [6, 6.07) is 15.4. The zero-order valence-corrected chi connectivity index (χ0v) is 16.0. The Morgan fingerprint density at radius 2 is 1.55 bits per heavy atom. The molecule has 148 valence electrons. The molecule has 0 bridgehead atoms. The normalized spacial score (nSPS) is 18.1. The van der Waals surface area contributed by atoms with E-state index in [2.05, 4.69) is 4.98 Å². The van der Waals surface area contributed by atoms with E-state index in [1.807, 2.05) is 53.1 Å². The molecule has 29 heavy (non-hydrogen) atoms. The quantitative estimate of drug-likeness (QED) is 0.740. The number of carbonyl (C=O) groups is 2. The van der Waals surface area contributed by atoms with Crippen LogP contribution in [-0.2, 0) is 4.79 Å². The smallest absolute Gasteiger partial charge is 0.254 e. The molecule has 3 aromatic rings. The number of hydrogen-bond acceptors (Lipinski definition) is 4. The van der Waals surface area contributed by atoms with Gasteiger partial charge in [-0.05, 0) is 49.2 Å². The van der Waals surface area contributed by atoms with E-state index in [4.69, 9.17) is 0 Å². The average molecular weight is 390 g/mol. The van der Waals surface area contributed by atoms with Gasteiger partial charge < -0.3 is 14.9 Å². The van der Waals surface area contributed by atoms with Gasteiger partial charge in [0.1, 0.15) is 11.9 Å². The van der Waals surface area contributed by atoms with Gasteiger partial charge in [-0.3, -0.25) is 14.2 Å². The van der Waals surface area contributed by atoms with E-state index >= 15 is 0 Å². The fourth-order valence-corrected chi connectivity index (χ4v) is 3.85. The van der Waals surface area contributed by atoms with Crippen LogP contribution in [0.2, 0.25) is 0 Å². The highest BCUT2D eigenvalue weighted by Gasteiger charge is 2.50. The van der Waals surface area contributed by atoms with E-state index in [1.54, 1.807) is 16.1 Å². The van der Waals surface area contributed by atoms with Crippen LogP contribution in [0.3, 0.4) is 0 Å². The summed E-state index contributed by atoms with van der Waals surface area (Å²) in [5, 5.41) is 9.99. The van der Waals surface area contributed by atoms with Gasteiger partial charge in [0.2, 0.25) is 0 Å². The number of carbonyl (C=O) groups excluding carboxylic acids is 2. The first kappa shape index (κ1) is 17.9. The molecule has 1 N–H and O–H groups in total. The summed E-state index contributed by atoms with van der Waals surface area (Å²) in [5.41, 5.74) is 2.38. The van der Waals surface area contributed by atoms with E-state index in [9.17, 15) is 14.7 Å². The average Bonchev–Trinajstić information content (AvgIpc) is 3.38. The number of para-hydroxylation sites is 2. The summed E-state index contributed by atoms with van der Waals surface area (Å²) in [7, 11) is 0. The standard InChI is InChI=1S/C22H22N4O3/c27-20(24-11-13-25(14-12-24)21(28)22(29)9-10-22)16-5-7-17(8-6-16)26-15-23-18-3-1-2-4-19(18)26/h1-8,15,29H,9-14H2. The lowest BCUT2D eigenvalue weighted by molar-refractivity contribution is -0.143. The maximum atomic E-state index is 12.8. The van der Waals surface area contributed by atoms with Crippen molar-refractivity contribution in [3.05, 3.63) is 60.4 Å². The lowest BCUT2D eigenvalue weighted by atomic mass is 10.1. The highest BCUT2D eigenvalue weighted by molar-refractivity contribution is 5.95. The van der Waals surface area contributed by atoms with Gasteiger partial charge in [0.05, 0.1) is 11.0 Å². The minimum absolute atomic E-state index is 0.0377. The minimum atomic E-state index is -1.14. The summed E-state index contributed by atoms with van der Waals surface area (Å²) in [6.45, 7) is 1.89. The van der Waals surface area contributed by atoms with Crippen LogP contribution in [-0.4, -0.2) is 68.1 Å². The number of hydrogen-bond donors (Lipinski definition) is 1. The molecular weight excluding hydrogens is 368 g/mol. The van der Waals surface area contributed by atoms with Gasteiger partial charge in [0, 0.05) is 37.4 Å². The molecule has 1 saturated heterocycles. The van der Waals surface area contributed by atoms with E-state index in [1.165, 1.54) is 0 Å². The van der Waals surface area contributed by atoms with Crippen molar-refractivity contribution in [2.45, 2.75) is 18.4 Å². The number of rotatable bonds is 3. The Kier molecular flexibility index (Phi) is 4.13. The molecule has 2 aliphatic rings. The van der Waals surface area contributed by atoms with Gasteiger partial charge >= 0.3 is 0 Å². The fraction of sp³-hybridized carbons (Fsp3) is 0.318. The van der Waals surface area contributed by atoms with Crippen LogP contribution >= 0.6 is 0 Å². The molecule has 2 aromatic carbocycles. The van der Waals surface area contributed by atoms with Crippen molar-refractivity contribution in [2.24, 2.45) is 0 Å². The molecule has 7 heteroatoms. The van der Waals surface area contributed by atoms with E-state index in [0.29, 0.717) is 44.6 Å². The molecule has 1 aromatic heterocycles. The third-order valence-electron chi connectivity index (χ3n) is 5.82. The highest BCUT2D eigenvalue weighted by Crippen LogP contribution is 2.37. The predicted octanol–water partition coefficient (Wildman–Crippen LogP) is 1.83. The Balaban J connectivity index is 1.27. The zero-order valence-electron chi connectivity index (χ0n) is 16.0. The zero-order chi connectivity index (χ0) is 20.0. The van der Waals surface area contributed by atoms with Gasteiger partial charge in [-0.25, -0.2) is 4.98 Å². The van der Waals surface area contributed by atoms with Crippen LogP contribution in [0.15, 0.2) is 54.9 Å². The predicted molar refractivity (Wildman–Crippen MR) is 108 cm³/mol. The Morgan fingerprint density at radius 1 is 0.897 bits per heavy atom. The summed E-state index contributed by atoms with van der Waals surface area (Å²) >= 11 is 0. The molecular formula is C22H22N4O3. The van der Waals surface area contributed by atoms with Crippen molar-refractivity contribution < 1.29 is 14.7 Å². The highest BCUT2D eigenvalue weighted by atomic mass is 16.3. The van der Waals surface area contributed by atoms with Crippen molar-refractivity contribution in [3.63, 3.8) is 0 Å². The lowest BCUT2D eigenvalue weighted by Gasteiger charge is -2.35. The van der Waals surface area contributed by atoms with Crippen molar-refractivity contribution in [2.75, 3.05) is 26.2 Å². The van der Waals surface area contributed by atoms with Gasteiger partial charge in [-0.1, -0.05) is 12.1 Å². The molecule has 0 atom stereocenters. The topological polar surface area (TPSA) is 78.7 Å². The van der Waals surface area contributed by atoms with Crippen molar-refractivity contribution in [3.8, 4) is 5.69 Å². The molecule has 2 amide bonds. The first-order valence-electron chi connectivity index (χ1n) is 9.89. The second kappa shape index (κ2) is 6.70. The maximum absolute atomic E-state index is 12.8. The number of fused-ring (bicyclic) bond motifs is 1. The maximum Gasteiger partial charge on any atom is 0.254 e. The Bertz CT molecular complexity index is 1080. The first-order valence-corrected chi connectivity index (χ1v) is 9.89. The molecule has 1 aliphatic carbocycles. The molecule has 0 radical (unpaired) electrons. The first-order chi connectivity index (χ1) is 14.0. The number of piperazine rings is 1. The Labute approximate surface area is 168 Å². The molecule has 1 saturated carbocycles. The summed E-state index contributed by atoms with van der Waals surface area (Å²) in [4.78, 5) is 32.9. The lowest BCUT2D eigenvalue weighted by Crippen LogP contribution is -2.53. The molecule has 7 nitrogen and oxygen atoms in total. The Hall–Kier alpha value is -3.19. The van der Waals surface area contributed by atoms with Crippen molar-refractivity contribution in [1.82, 2.24) is 19.4 Å². The van der Waals surface area contributed by atoms with Crippen molar-refractivity contribution in [1.29, 1.82) is 0 Å². The van der Waals surface area contributed by atoms with Crippen molar-refractivity contribution >= 4 is 22.8 Å². The molecule has 5 rings (SSSR count). The number of aromatic nitrogens is 2. The largest absolute Gasteiger partial charge is 0.380 e. The number of aliphatic hydroxyl groups is 1. The molecule has 2 heterocycles. The summed E-state index contributed by atoms with van der Waals surface area (Å²) in [6.07, 6.45) is 2.87. The van der Waals surface area contributed by atoms with E-state index in [0.717, 1.165) is 16.7 Å². The molecule has 0 spiro atoms. The van der Waals surface area contributed by atoms with Crippen LogP contribution in [0.25, 0.3) is 16.7 Å². The van der Waals surface area contributed by atoms with Gasteiger partial charge in [-0.2, -0.15) is 0 Å². The summed E-state index contributed by atoms with van der Waals surface area (Å²) in [5.74, 6) is -0.231. The fourth-order valence-electron chi connectivity index (χ4n) is 3.85. The van der Waals surface area contributed by atoms with Gasteiger partial charge in [-0.15, -0.1) is 0 Å². The number of benzene rings is 2. The van der Waals surface area contributed by atoms with Crippen LogP contribution in [0, 0.1) is 0 Å².